The molecule has 0 radical (unpaired) electrons. The number of nitrogens with one attached hydrogen (secondary N) is 1. The molecule has 2 aromatic rings. The Morgan fingerprint density at radius 3 is 2.48 bits per heavy atom. The summed E-state index contributed by atoms with van der Waals surface area (Å²) in [5.74, 6) is 2.25. The first-order valence-corrected chi connectivity index (χ1v) is 8.61. The van der Waals surface area contributed by atoms with E-state index in [9.17, 15) is 0 Å². The fraction of sp³-hybridized carbons (Fsp3) is 0.412. The molecule has 112 valence electrons. The predicted octanol–water partition coefficient (Wildman–Crippen LogP) is 5.08. The SMILES string of the molecule is CCCNc1nc(C(C)CC)nc(-c2ccccc2)c1I. The van der Waals surface area contributed by atoms with Crippen molar-refractivity contribution in [3.63, 3.8) is 0 Å². The van der Waals surface area contributed by atoms with Crippen molar-refractivity contribution < 1.29 is 0 Å². The summed E-state index contributed by atoms with van der Waals surface area (Å²) in [4.78, 5) is 9.56. The van der Waals surface area contributed by atoms with Gasteiger partial charge in [-0.3, -0.25) is 0 Å². The van der Waals surface area contributed by atoms with E-state index in [1.807, 2.05) is 6.07 Å². The quantitative estimate of drug-likeness (QED) is 0.693. The van der Waals surface area contributed by atoms with E-state index in [4.69, 9.17) is 9.97 Å². The van der Waals surface area contributed by atoms with E-state index in [-0.39, 0.29) is 0 Å². The lowest BCUT2D eigenvalue weighted by atomic mass is 10.1. The molecule has 1 unspecified atom stereocenters. The molecule has 1 atom stereocenters. The number of anilines is 1. The Labute approximate surface area is 140 Å². The number of rotatable bonds is 6. The monoisotopic (exact) mass is 395 g/mol. The summed E-state index contributed by atoms with van der Waals surface area (Å²) in [7, 11) is 0. The van der Waals surface area contributed by atoms with Crippen LogP contribution in [0.3, 0.4) is 0 Å². The van der Waals surface area contributed by atoms with Crippen molar-refractivity contribution in [2.24, 2.45) is 0 Å². The molecular weight excluding hydrogens is 373 g/mol. The second kappa shape index (κ2) is 7.73. The van der Waals surface area contributed by atoms with Gasteiger partial charge in [-0.2, -0.15) is 0 Å². The predicted molar refractivity (Wildman–Crippen MR) is 97.7 cm³/mol. The molecule has 0 bridgehead atoms. The van der Waals surface area contributed by atoms with E-state index in [0.717, 1.165) is 45.9 Å². The van der Waals surface area contributed by atoms with Gasteiger partial charge in [-0.15, -0.1) is 0 Å². The Kier molecular flexibility index (Phi) is 5.96. The van der Waals surface area contributed by atoms with Crippen molar-refractivity contribution in [3.05, 3.63) is 39.7 Å². The minimum Gasteiger partial charge on any atom is -0.369 e. The number of aromatic nitrogens is 2. The minimum atomic E-state index is 0.367. The Hall–Kier alpha value is -1.17. The third-order valence-corrected chi connectivity index (χ3v) is 4.53. The van der Waals surface area contributed by atoms with Crippen molar-refractivity contribution in [2.45, 2.75) is 39.5 Å². The second-order valence-corrected chi connectivity index (χ2v) is 6.27. The van der Waals surface area contributed by atoms with Gasteiger partial charge in [-0.05, 0) is 35.4 Å². The van der Waals surface area contributed by atoms with Gasteiger partial charge in [0.15, 0.2) is 0 Å². The maximum absolute atomic E-state index is 4.82. The van der Waals surface area contributed by atoms with Crippen molar-refractivity contribution in [3.8, 4) is 11.3 Å². The fourth-order valence-electron chi connectivity index (χ4n) is 2.02. The summed E-state index contributed by atoms with van der Waals surface area (Å²) in [5, 5.41) is 3.43. The molecular formula is C17H22IN3. The lowest BCUT2D eigenvalue weighted by Gasteiger charge is -2.15. The van der Waals surface area contributed by atoms with Gasteiger partial charge in [-0.25, -0.2) is 9.97 Å². The average Bonchev–Trinajstić information content (AvgIpc) is 2.54. The van der Waals surface area contributed by atoms with Gasteiger partial charge >= 0.3 is 0 Å². The van der Waals surface area contributed by atoms with Gasteiger partial charge in [0.25, 0.3) is 0 Å². The molecule has 0 aliphatic carbocycles. The molecule has 1 aromatic carbocycles. The van der Waals surface area contributed by atoms with Crippen molar-refractivity contribution in [1.29, 1.82) is 0 Å². The van der Waals surface area contributed by atoms with Crippen LogP contribution < -0.4 is 5.32 Å². The van der Waals surface area contributed by atoms with E-state index in [2.05, 4.69) is 72.9 Å². The van der Waals surface area contributed by atoms with Crippen LogP contribution in [-0.4, -0.2) is 16.5 Å². The Bertz CT molecular complexity index is 584. The summed E-state index contributed by atoms with van der Waals surface area (Å²) in [6.45, 7) is 7.45. The third kappa shape index (κ3) is 3.93. The zero-order valence-corrected chi connectivity index (χ0v) is 15.0. The second-order valence-electron chi connectivity index (χ2n) is 5.20. The van der Waals surface area contributed by atoms with Crippen LogP contribution in [0.15, 0.2) is 30.3 Å². The summed E-state index contributed by atoms with van der Waals surface area (Å²) in [5.41, 5.74) is 2.17. The third-order valence-electron chi connectivity index (χ3n) is 3.51. The van der Waals surface area contributed by atoms with Crippen LogP contribution in [0.5, 0.6) is 0 Å². The van der Waals surface area contributed by atoms with Crippen molar-refractivity contribution in [2.75, 3.05) is 11.9 Å². The van der Waals surface area contributed by atoms with Crippen molar-refractivity contribution in [1.82, 2.24) is 9.97 Å². The first-order valence-electron chi connectivity index (χ1n) is 7.54. The van der Waals surface area contributed by atoms with Crippen LogP contribution in [0.2, 0.25) is 0 Å². The Balaban J connectivity index is 2.52. The molecule has 1 aromatic heterocycles. The van der Waals surface area contributed by atoms with Crippen LogP contribution >= 0.6 is 22.6 Å². The summed E-state index contributed by atoms with van der Waals surface area (Å²) < 4.78 is 1.10. The minimum absolute atomic E-state index is 0.367. The molecule has 0 aliphatic heterocycles. The number of hydrogen-bond donors (Lipinski definition) is 1. The summed E-state index contributed by atoms with van der Waals surface area (Å²) in [6, 6.07) is 10.3. The van der Waals surface area contributed by atoms with Gasteiger partial charge in [0.05, 0.1) is 9.26 Å². The molecule has 2 rings (SSSR count). The highest BCUT2D eigenvalue weighted by atomic mass is 127. The highest BCUT2D eigenvalue weighted by molar-refractivity contribution is 14.1. The molecule has 21 heavy (non-hydrogen) atoms. The topological polar surface area (TPSA) is 37.8 Å². The standard InChI is InChI=1S/C17H22IN3/c1-4-11-19-17-14(18)15(13-9-7-6-8-10-13)20-16(21-17)12(3)5-2/h6-10,12H,4-5,11H2,1-3H3,(H,19,20,21). The number of benzene rings is 1. The number of hydrogen-bond acceptors (Lipinski definition) is 3. The van der Waals surface area contributed by atoms with Gasteiger partial charge in [0.1, 0.15) is 11.6 Å². The van der Waals surface area contributed by atoms with Crippen LogP contribution in [0.4, 0.5) is 5.82 Å². The molecule has 3 nitrogen and oxygen atoms in total. The van der Waals surface area contributed by atoms with Gasteiger partial charge in [0, 0.05) is 18.0 Å². The molecule has 0 aliphatic rings. The average molecular weight is 395 g/mol. The molecule has 0 saturated heterocycles. The number of nitrogens with zero attached hydrogens (tertiary/aromatic N) is 2. The molecule has 1 N–H and O–H groups in total. The van der Waals surface area contributed by atoms with Crippen LogP contribution in [0, 0.1) is 3.57 Å². The maximum atomic E-state index is 4.82. The van der Waals surface area contributed by atoms with Gasteiger partial charge in [-0.1, -0.05) is 51.1 Å². The zero-order chi connectivity index (χ0) is 15.2. The Morgan fingerprint density at radius 2 is 1.86 bits per heavy atom. The van der Waals surface area contributed by atoms with E-state index in [0.29, 0.717) is 5.92 Å². The highest BCUT2D eigenvalue weighted by Gasteiger charge is 2.16. The smallest absolute Gasteiger partial charge is 0.143 e. The summed E-state index contributed by atoms with van der Waals surface area (Å²) in [6.07, 6.45) is 2.13. The van der Waals surface area contributed by atoms with Crippen LogP contribution in [0.1, 0.15) is 45.4 Å². The van der Waals surface area contributed by atoms with Gasteiger partial charge in [0.2, 0.25) is 0 Å². The lowest BCUT2D eigenvalue weighted by molar-refractivity contribution is 0.679. The molecule has 4 heteroatoms. The lowest BCUT2D eigenvalue weighted by Crippen LogP contribution is -2.10. The maximum Gasteiger partial charge on any atom is 0.143 e. The fourth-order valence-corrected chi connectivity index (χ4v) is 2.76. The van der Waals surface area contributed by atoms with Crippen LogP contribution in [0.25, 0.3) is 11.3 Å². The normalized spacial score (nSPS) is 12.2. The van der Waals surface area contributed by atoms with E-state index < -0.39 is 0 Å². The summed E-state index contributed by atoms with van der Waals surface area (Å²) >= 11 is 2.35. The first kappa shape index (κ1) is 16.2. The molecule has 0 amide bonds. The van der Waals surface area contributed by atoms with Gasteiger partial charge < -0.3 is 5.32 Å². The zero-order valence-electron chi connectivity index (χ0n) is 12.9. The van der Waals surface area contributed by atoms with Crippen LogP contribution in [-0.2, 0) is 0 Å². The van der Waals surface area contributed by atoms with Crippen molar-refractivity contribution >= 4 is 28.4 Å². The molecule has 0 spiro atoms. The highest BCUT2D eigenvalue weighted by Crippen LogP contribution is 2.30. The first-order chi connectivity index (χ1) is 10.2. The molecule has 1 heterocycles. The van der Waals surface area contributed by atoms with E-state index in [1.165, 1.54) is 0 Å². The number of halogens is 1. The van der Waals surface area contributed by atoms with E-state index in [1.54, 1.807) is 0 Å². The Morgan fingerprint density at radius 1 is 1.14 bits per heavy atom. The largest absolute Gasteiger partial charge is 0.369 e. The molecule has 0 saturated carbocycles. The van der Waals surface area contributed by atoms with E-state index >= 15 is 0 Å². The molecule has 0 fully saturated rings.